The molecular weight excluding hydrogens is 250 g/mol. The minimum absolute atomic E-state index is 0.243. The van der Waals surface area contributed by atoms with Gasteiger partial charge in [-0.3, -0.25) is 9.69 Å². The molecule has 0 amide bonds. The van der Waals surface area contributed by atoms with Gasteiger partial charge in [-0.25, -0.2) is 0 Å². The molecule has 0 radical (unpaired) electrons. The first-order chi connectivity index (χ1) is 8.47. The second-order valence-electron chi connectivity index (χ2n) is 5.15. The summed E-state index contributed by atoms with van der Waals surface area (Å²) in [5.74, 6) is -0.648. The van der Waals surface area contributed by atoms with E-state index in [1.807, 2.05) is 18.2 Å². The van der Waals surface area contributed by atoms with Crippen LogP contribution < -0.4 is 0 Å². The minimum Gasteiger partial charge on any atom is -0.481 e. The molecule has 1 unspecified atom stereocenters. The van der Waals surface area contributed by atoms with Crippen LogP contribution in [0.25, 0.3) is 0 Å². The predicted octanol–water partition coefficient (Wildman–Crippen LogP) is 2.80. The number of carboxylic acids is 1. The summed E-state index contributed by atoms with van der Waals surface area (Å²) in [5.41, 5.74) is 2.46. The highest BCUT2D eigenvalue weighted by molar-refractivity contribution is 6.30. The summed E-state index contributed by atoms with van der Waals surface area (Å²) >= 11 is 5.92. The smallest absolute Gasteiger partial charge is 0.306 e. The molecule has 1 aromatic carbocycles. The molecule has 1 saturated heterocycles. The zero-order chi connectivity index (χ0) is 13.3. The van der Waals surface area contributed by atoms with Gasteiger partial charge in [-0.15, -0.1) is 0 Å². The van der Waals surface area contributed by atoms with E-state index < -0.39 is 5.97 Å². The molecule has 98 valence electrons. The van der Waals surface area contributed by atoms with Gasteiger partial charge in [0.05, 0.1) is 5.92 Å². The van der Waals surface area contributed by atoms with Crippen molar-refractivity contribution in [2.75, 3.05) is 13.1 Å². The van der Waals surface area contributed by atoms with Gasteiger partial charge in [0.2, 0.25) is 0 Å². The Morgan fingerprint density at radius 1 is 1.56 bits per heavy atom. The van der Waals surface area contributed by atoms with Crippen molar-refractivity contribution in [3.8, 4) is 0 Å². The number of carbonyl (C=O) groups is 1. The van der Waals surface area contributed by atoms with E-state index in [1.54, 1.807) is 6.92 Å². The molecule has 4 heteroatoms. The van der Waals surface area contributed by atoms with Crippen LogP contribution in [-0.2, 0) is 11.3 Å². The van der Waals surface area contributed by atoms with Crippen molar-refractivity contribution in [2.24, 2.45) is 11.8 Å². The standard InChI is InChI=1S/C14H18ClNO2/c1-9-5-13(15)4-3-11(9)6-16-7-12(8-16)10(2)14(17)18/h3-5,10,12H,6-8H2,1-2H3,(H,17,18). The molecule has 0 bridgehead atoms. The second kappa shape index (κ2) is 5.29. The third kappa shape index (κ3) is 2.85. The van der Waals surface area contributed by atoms with Crippen molar-refractivity contribution in [2.45, 2.75) is 20.4 Å². The van der Waals surface area contributed by atoms with Crippen molar-refractivity contribution in [3.05, 3.63) is 34.3 Å². The SMILES string of the molecule is Cc1cc(Cl)ccc1CN1CC(C(C)C(=O)O)C1. The highest BCUT2D eigenvalue weighted by atomic mass is 35.5. The molecule has 0 saturated carbocycles. The van der Waals surface area contributed by atoms with E-state index in [0.29, 0.717) is 0 Å². The number of rotatable bonds is 4. The molecule has 0 spiro atoms. The monoisotopic (exact) mass is 267 g/mol. The van der Waals surface area contributed by atoms with Gasteiger partial charge in [-0.05, 0) is 36.1 Å². The third-order valence-corrected chi connectivity index (χ3v) is 4.02. The van der Waals surface area contributed by atoms with Crippen molar-refractivity contribution in [1.29, 1.82) is 0 Å². The largest absolute Gasteiger partial charge is 0.481 e. The second-order valence-corrected chi connectivity index (χ2v) is 5.59. The molecule has 0 aliphatic carbocycles. The van der Waals surface area contributed by atoms with Gasteiger partial charge in [-0.2, -0.15) is 0 Å². The first-order valence-electron chi connectivity index (χ1n) is 6.17. The number of aliphatic carboxylic acids is 1. The summed E-state index contributed by atoms with van der Waals surface area (Å²) in [7, 11) is 0. The summed E-state index contributed by atoms with van der Waals surface area (Å²) in [6.07, 6.45) is 0. The van der Waals surface area contributed by atoms with Gasteiger partial charge >= 0.3 is 5.97 Å². The molecular formula is C14H18ClNO2. The molecule has 1 heterocycles. The molecule has 2 rings (SSSR count). The van der Waals surface area contributed by atoms with Crippen LogP contribution in [0.4, 0.5) is 0 Å². The van der Waals surface area contributed by atoms with Crippen LogP contribution in [-0.4, -0.2) is 29.1 Å². The molecule has 3 nitrogen and oxygen atoms in total. The van der Waals surface area contributed by atoms with Crippen LogP contribution in [0, 0.1) is 18.8 Å². The first kappa shape index (κ1) is 13.4. The lowest BCUT2D eigenvalue weighted by atomic mass is 9.86. The van der Waals surface area contributed by atoms with E-state index in [1.165, 1.54) is 11.1 Å². The molecule has 0 aromatic heterocycles. The number of aryl methyl sites for hydroxylation is 1. The van der Waals surface area contributed by atoms with Gasteiger partial charge in [0.25, 0.3) is 0 Å². The number of likely N-dealkylation sites (tertiary alicyclic amines) is 1. The molecule has 1 aromatic rings. The maximum atomic E-state index is 10.9. The normalized spacial score (nSPS) is 18.4. The number of hydrogen-bond acceptors (Lipinski definition) is 2. The van der Waals surface area contributed by atoms with E-state index in [2.05, 4.69) is 11.8 Å². The number of nitrogens with zero attached hydrogens (tertiary/aromatic N) is 1. The lowest BCUT2D eigenvalue weighted by Gasteiger charge is -2.41. The fourth-order valence-electron chi connectivity index (χ4n) is 2.33. The lowest BCUT2D eigenvalue weighted by molar-refractivity contribution is -0.145. The van der Waals surface area contributed by atoms with Crippen LogP contribution in [0.2, 0.25) is 5.02 Å². The van der Waals surface area contributed by atoms with Gasteiger partial charge in [-0.1, -0.05) is 24.6 Å². The molecule has 18 heavy (non-hydrogen) atoms. The molecule has 1 N–H and O–H groups in total. The van der Waals surface area contributed by atoms with Crippen LogP contribution in [0.1, 0.15) is 18.1 Å². The maximum Gasteiger partial charge on any atom is 0.306 e. The molecule has 1 aliphatic heterocycles. The van der Waals surface area contributed by atoms with Gasteiger partial charge in [0, 0.05) is 24.7 Å². The molecule has 1 atom stereocenters. The Balaban J connectivity index is 1.88. The Bertz CT molecular complexity index is 455. The minimum atomic E-state index is -0.692. The summed E-state index contributed by atoms with van der Waals surface area (Å²) in [5, 5.41) is 9.70. The van der Waals surface area contributed by atoms with Crippen LogP contribution in [0.5, 0.6) is 0 Å². The first-order valence-corrected chi connectivity index (χ1v) is 6.55. The highest BCUT2D eigenvalue weighted by Crippen LogP contribution is 2.26. The Hall–Kier alpha value is -1.06. The predicted molar refractivity (Wildman–Crippen MR) is 71.8 cm³/mol. The van der Waals surface area contributed by atoms with E-state index in [-0.39, 0.29) is 11.8 Å². The highest BCUT2D eigenvalue weighted by Gasteiger charge is 2.34. The Morgan fingerprint density at radius 2 is 2.22 bits per heavy atom. The third-order valence-electron chi connectivity index (χ3n) is 3.78. The Kier molecular flexibility index (Phi) is 3.93. The van der Waals surface area contributed by atoms with Gasteiger partial charge in [0.1, 0.15) is 0 Å². The molecule has 1 fully saturated rings. The van der Waals surface area contributed by atoms with E-state index in [9.17, 15) is 4.79 Å². The Labute approximate surface area is 112 Å². The van der Waals surface area contributed by atoms with Crippen molar-refractivity contribution in [1.82, 2.24) is 4.90 Å². The zero-order valence-electron chi connectivity index (χ0n) is 10.7. The number of halogens is 1. The summed E-state index contributed by atoms with van der Waals surface area (Å²) < 4.78 is 0. The van der Waals surface area contributed by atoms with E-state index in [0.717, 1.165) is 24.7 Å². The Morgan fingerprint density at radius 3 is 2.78 bits per heavy atom. The van der Waals surface area contributed by atoms with E-state index >= 15 is 0 Å². The summed E-state index contributed by atoms with van der Waals surface area (Å²) in [6, 6.07) is 5.92. The van der Waals surface area contributed by atoms with Crippen molar-refractivity contribution in [3.63, 3.8) is 0 Å². The van der Waals surface area contributed by atoms with Crippen LogP contribution in [0.15, 0.2) is 18.2 Å². The maximum absolute atomic E-state index is 10.9. The summed E-state index contributed by atoms with van der Waals surface area (Å²) in [4.78, 5) is 13.1. The zero-order valence-corrected chi connectivity index (χ0v) is 11.4. The topological polar surface area (TPSA) is 40.5 Å². The molecule has 1 aliphatic rings. The summed E-state index contributed by atoms with van der Waals surface area (Å²) in [6.45, 7) is 6.47. The van der Waals surface area contributed by atoms with Gasteiger partial charge < -0.3 is 5.11 Å². The quantitative estimate of drug-likeness (QED) is 0.912. The average Bonchev–Trinajstić information content (AvgIpc) is 2.24. The van der Waals surface area contributed by atoms with Crippen LogP contribution in [0.3, 0.4) is 0 Å². The number of benzene rings is 1. The fraction of sp³-hybridized carbons (Fsp3) is 0.500. The van der Waals surface area contributed by atoms with Crippen molar-refractivity contribution >= 4 is 17.6 Å². The number of carboxylic acid groups (broad SMARTS) is 1. The lowest BCUT2D eigenvalue weighted by Crippen LogP contribution is -2.50. The van der Waals surface area contributed by atoms with E-state index in [4.69, 9.17) is 16.7 Å². The van der Waals surface area contributed by atoms with Gasteiger partial charge in [0.15, 0.2) is 0 Å². The number of hydrogen-bond donors (Lipinski definition) is 1. The fourth-order valence-corrected chi connectivity index (χ4v) is 2.56. The van der Waals surface area contributed by atoms with Crippen LogP contribution >= 0.6 is 11.6 Å². The average molecular weight is 268 g/mol. The van der Waals surface area contributed by atoms with Crippen molar-refractivity contribution < 1.29 is 9.90 Å².